The predicted molar refractivity (Wildman–Crippen MR) is 125 cm³/mol. The van der Waals surface area contributed by atoms with Gasteiger partial charge < -0.3 is 14.8 Å². The van der Waals surface area contributed by atoms with E-state index in [0.29, 0.717) is 11.4 Å². The van der Waals surface area contributed by atoms with Crippen molar-refractivity contribution in [2.24, 2.45) is 0 Å². The Labute approximate surface area is 196 Å². The number of fused-ring (bicyclic) bond motifs is 1. The van der Waals surface area contributed by atoms with Gasteiger partial charge in [-0.05, 0) is 73.9 Å². The fourth-order valence-electron chi connectivity index (χ4n) is 3.85. The maximum atomic E-state index is 13.2. The van der Waals surface area contributed by atoms with Crippen LogP contribution < -0.4 is 14.8 Å². The Morgan fingerprint density at radius 2 is 1.79 bits per heavy atom. The van der Waals surface area contributed by atoms with Gasteiger partial charge in [-0.1, -0.05) is 30.3 Å². The lowest BCUT2D eigenvalue weighted by Gasteiger charge is -2.32. The van der Waals surface area contributed by atoms with Crippen LogP contribution in [-0.2, 0) is 12.6 Å². The number of halogens is 3. The molecular formula is C27H24F3NO3. The van der Waals surface area contributed by atoms with Crippen LogP contribution in [0.2, 0.25) is 0 Å². The molecule has 0 spiro atoms. The molecule has 4 rings (SSSR count). The standard InChI is InChI=1S/C27H24F3NO3/c1-26(15-13-18-7-10-21(33-2)11-8-18)16-14-19-17-20(9-12-24(19)34-26)31-25(32)22-5-3-4-6-23(22)27(28,29)30/h3-12,14,16-17H,13,15H2,1-2H3,(H,31,32). The first-order valence-electron chi connectivity index (χ1n) is 10.8. The maximum absolute atomic E-state index is 13.2. The van der Waals surface area contributed by atoms with Gasteiger partial charge in [-0.15, -0.1) is 0 Å². The second kappa shape index (κ2) is 9.25. The predicted octanol–water partition coefficient (Wildman–Crippen LogP) is 6.76. The SMILES string of the molecule is COc1ccc(CCC2(C)C=Cc3cc(NC(=O)c4ccccc4C(F)(F)F)ccc3O2)cc1. The highest BCUT2D eigenvalue weighted by molar-refractivity contribution is 6.05. The molecular weight excluding hydrogens is 443 g/mol. The number of hydrogen-bond donors (Lipinski definition) is 1. The van der Waals surface area contributed by atoms with Crippen LogP contribution in [0.4, 0.5) is 18.9 Å². The van der Waals surface area contributed by atoms with Crippen LogP contribution in [0.15, 0.2) is 72.8 Å². The van der Waals surface area contributed by atoms with E-state index in [1.165, 1.54) is 17.7 Å². The first kappa shape index (κ1) is 23.4. The lowest BCUT2D eigenvalue weighted by Crippen LogP contribution is -2.32. The normalized spacial score (nSPS) is 17.0. The summed E-state index contributed by atoms with van der Waals surface area (Å²) < 4.78 is 51.1. The summed E-state index contributed by atoms with van der Waals surface area (Å²) in [6.45, 7) is 2.00. The van der Waals surface area contributed by atoms with Crippen LogP contribution >= 0.6 is 0 Å². The molecule has 1 amide bonds. The second-order valence-corrected chi connectivity index (χ2v) is 8.35. The summed E-state index contributed by atoms with van der Waals surface area (Å²) in [4.78, 5) is 12.5. The van der Waals surface area contributed by atoms with E-state index in [1.807, 2.05) is 43.3 Å². The molecule has 0 aliphatic carbocycles. The van der Waals surface area contributed by atoms with Crippen LogP contribution in [0.25, 0.3) is 6.08 Å². The number of benzene rings is 3. The van der Waals surface area contributed by atoms with Gasteiger partial charge >= 0.3 is 6.18 Å². The Balaban J connectivity index is 1.44. The Bertz CT molecular complexity index is 1220. The van der Waals surface area contributed by atoms with Gasteiger partial charge in [0.05, 0.1) is 18.2 Å². The van der Waals surface area contributed by atoms with E-state index >= 15 is 0 Å². The van der Waals surface area contributed by atoms with Crippen molar-refractivity contribution in [1.82, 2.24) is 0 Å². The fraction of sp³-hybridized carbons (Fsp3) is 0.222. The van der Waals surface area contributed by atoms with Crippen LogP contribution in [-0.4, -0.2) is 18.6 Å². The second-order valence-electron chi connectivity index (χ2n) is 8.35. The summed E-state index contributed by atoms with van der Waals surface area (Å²) in [7, 11) is 1.63. The topological polar surface area (TPSA) is 47.6 Å². The minimum Gasteiger partial charge on any atom is -0.497 e. The van der Waals surface area contributed by atoms with Crippen molar-refractivity contribution >= 4 is 17.7 Å². The Morgan fingerprint density at radius 1 is 1.06 bits per heavy atom. The van der Waals surface area contributed by atoms with Crippen molar-refractivity contribution in [3.05, 3.63) is 95.1 Å². The molecule has 0 aromatic heterocycles. The Morgan fingerprint density at radius 3 is 2.50 bits per heavy atom. The summed E-state index contributed by atoms with van der Waals surface area (Å²) in [5, 5.41) is 2.56. The summed E-state index contributed by atoms with van der Waals surface area (Å²) >= 11 is 0. The molecule has 176 valence electrons. The first-order valence-corrected chi connectivity index (χ1v) is 10.8. The Kier molecular flexibility index (Phi) is 6.37. The van der Waals surface area contributed by atoms with Gasteiger partial charge in [0.1, 0.15) is 17.1 Å². The van der Waals surface area contributed by atoms with Crippen molar-refractivity contribution < 1.29 is 27.4 Å². The molecule has 3 aromatic carbocycles. The number of carbonyl (C=O) groups is 1. The number of carbonyl (C=O) groups excluding carboxylic acids is 1. The average molecular weight is 467 g/mol. The van der Waals surface area contributed by atoms with Gasteiger partial charge in [-0.2, -0.15) is 13.2 Å². The molecule has 0 radical (unpaired) electrons. The highest BCUT2D eigenvalue weighted by Gasteiger charge is 2.35. The third-order valence-electron chi connectivity index (χ3n) is 5.77. The van der Waals surface area contributed by atoms with Crippen LogP contribution in [0, 0.1) is 0 Å². The number of nitrogens with one attached hydrogen (secondary N) is 1. The fourth-order valence-corrected chi connectivity index (χ4v) is 3.85. The number of alkyl halides is 3. The van der Waals surface area contributed by atoms with E-state index < -0.39 is 28.8 Å². The third-order valence-corrected chi connectivity index (χ3v) is 5.77. The first-order chi connectivity index (χ1) is 16.2. The summed E-state index contributed by atoms with van der Waals surface area (Å²) in [5.74, 6) is 0.633. The van der Waals surface area contributed by atoms with E-state index in [4.69, 9.17) is 9.47 Å². The minimum atomic E-state index is -4.61. The molecule has 1 heterocycles. The largest absolute Gasteiger partial charge is 0.497 e. The molecule has 7 heteroatoms. The Hall–Kier alpha value is -3.74. The monoisotopic (exact) mass is 467 g/mol. The van der Waals surface area contributed by atoms with E-state index in [1.54, 1.807) is 25.3 Å². The molecule has 0 saturated carbocycles. The molecule has 3 aromatic rings. The molecule has 0 bridgehead atoms. The quantitative estimate of drug-likeness (QED) is 0.436. The zero-order chi connectivity index (χ0) is 24.3. The third kappa shape index (κ3) is 5.25. The van der Waals surface area contributed by atoms with Gasteiger partial charge in [0.25, 0.3) is 5.91 Å². The molecule has 1 atom stereocenters. The molecule has 1 aliphatic rings. The van der Waals surface area contributed by atoms with Gasteiger partial charge in [0, 0.05) is 11.3 Å². The van der Waals surface area contributed by atoms with Gasteiger partial charge in [-0.3, -0.25) is 4.79 Å². The summed E-state index contributed by atoms with van der Waals surface area (Å²) in [5.41, 5.74) is 0.386. The average Bonchev–Trinajstić information content (AvgIpc) is 2.83. The molecule has 0 saturated heterocycles. The number of anilines is 1. The molecule has 0 fully saturated rings. The summed E-state index contributed by atoms with van der Waals surface area (Å²) in [6, 6.07) is 17.6. The zero-order valence-electron chi connectivity index (χ0n) is 18.8. The highest BCUT2D eigenvalue weighted by atomic mass is 19.4. The minimum absolute atomic E-state index is 0.385. The summed E-state index contributed by atoms with van der Waals surface area (Å²) in [6.07, 6.45) is 0.821. The molecule has 1 N–H and O–H groups in total. The van der Waals surface area contributed by atoms with E-state index in [-0.39, 0.29) is 0 Å². The maximum Gasteiger partial charge on any atom is 0.417 e. The van der Waals surface area contributed by atoms with Gasteiger partial charge in [0.2, 0.25) is 0 Å². The molecule has 1 aliphatic heterocycles. The number of ether oxygens (including phenoxy) is 2. The van der Waals surface area contributed by atoms with Crippen molar-refractivity contribution in [1.29, 1.82) is 0 Å². The van der Waals surface area contributed by atoms with E-state index in [0.717, 1.165) is 36.3 Å². The molecule has 1 unspecified atom stereocenters. The lowest BCUT2D eigenvalue weighted by molar-refractivity contribution is -0.137. The number of hydrogen-bond acceptors (Lipinski definition) is 3. The molecule has 4 nitrogen and oxygen atoms in total. The van der Waals surface area contributed by atoms with Crippen molar-refractivity contribution in [2.75, 3.05) is 12.4 Å². The number of methoxy groups -OCH3 is 1. The van der Waals surface area contributed by atoms with Crippen LogP contribution in [0.1, 0.15) is 40.4 Å². The van der Waals surface area contributed by atoms with Gasteiger partial charge in [-0.25, -0.2) is 0 Å². The van der Waals surface area contributed by atoms with Crippen molar-refractivity contribution in [3.8, 4) is 11.5 Å². The van der Waals surface area contributed by atoms with E-state index in [2.05, 4.69) is 5.32 Å². The van der Waals surface area contributed by atoms with Crippen LogP contribution in [0.3, 0.4) is 0 Å². The van der Waals surface area contributed by atoms with Gasteiger partial charge in [0.15, 0.2) is 0 Å². The smallest absolute Gasteiger partial charge is 0.417 e. The highest BCUT2D eigenvalue weighted by Crippen LogP contribution is 2.36. The van der Waals surface area contributed by atoms with Crippen LogP contribution in [0.5, 0.6) is 11.5 Å². The number of aryl methyl sites for hydroxylation is 1. The zero-order valence-corrected chi connectivity index (χ0v) is 18.8. The number of amides is 1. The molecule has 34 heavy (non-hydrogen) atoms. The number of rotatable bonds is 6. The van der Waals surface area contributed by atoms with E-state index in [9.17, 15) is 18.0 Å². The van der Waals surface area contributed by atoms with Crippen molar-refractivity contribution in [3.63, 3.8) is 0 Å². The van der Waals surface area contributed by atoms with Crippen molar-refractivity contribution in [2.45, 2.75) is 31.5 Å². The lowest BCUT2D eigenvalue weighted by atomic mass is 9.93.